The van der Waals surface area contributed by atoms with E-state index in [0.717, 1.165) is 39.3 Å². The van der Waals surface area contributed by atoms with E-state index in [1.54, 1.807) is 7.11 Å². The molecule has 18 heavy (non-hydrogen) atoms. The van der Waals surface area contributed by atoms with Gasteiger partial charge in [0, 0.05) is 19.2 Å². The SMILES string of the molecule is COCCNCCCCNCCCNC(C)(C)C. The number of nitrogens with one attached hydrogen (secondary N) is 3. The topological polar surface area (TPSA) is 45.3 Å². The highest BCUT2D eigenvalue weighted by Gasteiger charge is 2.06. The normalized spacial score (nSPS) is 12.0. The molecule has 0 saturated carbocycles. The van der Waals surface area contributed by atoms with Crippen molar-refractivity contribution in [2.45, 2.75) is 45.6 Å². The predicted molar refractivity (Wildman–Crippen MR) is 79.2 cm³/mol. The fourth-order valence-electron chi connectivity index (χ4n) is 1.60. The van der Waals surface area contributed by atoms with E-state index >= 15 is 0 Å². The van der Waals surface area contributed by atoms with Gasteiger partial charge < -0.3 is 20.7 Å². The smallest absolute Gasteiger partial charge is 0.0587 e. The highest BCUT2D eigenvalue weighted by molar-refractivity contribution is 4.69. The molecule has 0 aliphatic heterocycles. The Kier molecular flexibility index (Phi) is 11.8. The van der Waals surface area contributed by atoms with Crippen molar-refractivity contribution in [3.05, 3.63) is 0 Å². The number of methoxy groups -OCH3 is 1. The monoisotopic (exact) mass is 259 g/mol. The number of unbranched alkanes of at least 4 members (excludes halogenated alkanes) is 1. The van der Waals surface area contributed by atoms with Crippen LogP contribution in [-0.2, 0) is 4.74 Å². The molecule has 0 aromatic rings. The summed E-state index contributed by atoms with van der Waals surface area (Å²) in [6.45, 7) is 12.8. The number of hydrogen-bond acceptors (Lipinski definition) is 4. The first kappa shape index (κ1) is 17.8. The van der Waals surface area contributed by atoms with Crippen LogP contribution in [0.2, 0.25) is 0 Å². The lowest BCUT2D eigenvalue weighted by atomic mass is 10.1. The van der Waals surface area contributed by atoms with Gasteiger partial charge in [0.25, 0.3) is 0 Å². The van der Waals surface area contributed by atoms with Gasteiger partial charge >= 0.3 is 0 Å². The van der Waals surface area contributed by atoms with Crippen LogP contribution in [0.5, 0.6) is 0 Å². The fraction of sp³-hybridized carbons (Fsp3) is 1.00. The summed E-state index contributed by atoms with van der Waals surface area (Å²) in [6, 6.07) is 0. The second-order valence-corrected chi connectivity index (χ2v) is 5.73. The maximum absolute atomic E-state index is 4.97. The van der Waals surface area contributed by atoms with Gasteiger partial charge in [0.15, 0.2) is 0 Å². The van der Waals surface area contributed by atoms with Crippen LogP contribution in [0, 0.1) is 0 Å². The molecular formula is C14H33N3O. The van der Waals surface area contributed by atoms with Crippen LogP contribution in [0.3, 0.4) is 0 Å². The zero-order chi connectivity index (χ0) is 13.7. The molecule has 0 amide bonds. The van der Waals surface area contributed by atoms with E-state index in [0.29, 0.717) is 0 Å². The van der Waals surface area contributed by atoms with Gasteiger partial charge in [-0.15, -0.1) is 0 Å². The molecule has 0 unspecified atom stereocenters. The van der Waals surface area contributed by atoms with E-state index in [1.807, 2.05) is 0 Å². The molecule has 0 heterocycles. The molecule has 0 aromatic carbocycles. The van der Waals surface area contributed by atoms with E-state index in [1.165, 1.54) is 19.3 Å². The molecule has 0 rings (SSSR count). The molecule has 0 saturated heterocycles. The van der Waals surface area contributed by atoms with Gasteiger partial charge in [-0.1, -0.05) is 0 Å². The lowest BCUT2D eigenvalue weighted by Gasteiger charge is -2.20. The van der Waals surface area contributed by atoms with E-state index in [4.69, 9.17) is 4.74 Å². The summed E-state index contributed by atoms with van der Waals surface area (Å²) in [7, 11) is 1.74. The molecule has 0 radical (unpaired) electrons. The van der Waals surface area contributed by atoms with Crippen LogP contribution in [0.25, 0.3) is 0 Å². The van der Waals surface area contributed by atoms with Crippen molar-refractivity contribution in [1.82, 2.24) is 16.0 Å². The summed E-state index contributed by atoms with van der Waals surface area (Å²) >= 11 is 0. The minimum absolute atomic E-state index is 0.244. The zero-order valence-corrected chi connectivity index (χ0v) is 12.8. The summed E-state index contributed by atoms with van der Waals surface area (Å²) in [4.78, 5) is 0. The zero-order valence-electron chi connectivity index (χ0n) is 12.8. The molecule has 0 spiro atoms. The van der Waals surface area contributed by atoms with Crippen molar-refractivity contribution < 1.29 is 4.74 Å². The third kappa shape index (κ3) is 15.8. The van der Waals surface area contributed by atoms with E-state index in [2.05, 4.69) is 36.7 Å². The lowest BCUT2D eigenvalue weighted by Crippen LogP contribution is -2.37. The summed E-state index contributed by atoms with van der Waals surface area (Å²) in [5.41, 5.74) is 0.244. The van der Waals surface area contributed by atoms with Crippen molar-refractivity contribution in [3.8, 4) is 0 Å². The van der Waals surface area contributed by atoms with E-state index in [-0.39, 0.29) is 5.54 Å². The first-order valence-corrected chi connectivity index (χ1v) is 7.21. The van der Waals surface area contributed by atoms with Gasteiger partial charge in [-0.25, -0.2) is 0 Å². The Hall–Kier alpha value is -0.160. The highest BCUT2D eigenvalue weighted by Crippen LogP contribution is 1.97. The lowest BCUT2D eigenvalue weighted by molar-refractivity contribution is 0.199. The number of rotatable bonds is 12. The Labute approximate surface area is 113 Å². The Morgan fingerprint density at radius 3 is 1.89 bits per heavy atom. The Balaban J connectivity index is 2.99. The molecule has 0 bridgehead atoms. The van der Waals surface area contributed by atoms with Gasteiger partial charge in [-0.05, 0) is 66.2 Å². The predicted octanol–water partition coefficient (Wildman–Crippen LogP) is 1.37. The standard InChI is InChI=1S/C14H33N3O/c1-14(2,3)17-11-7-10-15-8-5-6-9-16-12-13-18-4/h15-17H,5-13H2,1-4H3. The summed E-state index contributed by atoms with van der Waals surface area (Å²) in [6.07, 6.45) is 3.67. The molecule has 4 heteroatoms. The van der Waals surface area contributed by atoms with E-state index in [9.17, 15) is 0 Å². The second kappa shape index (κ2) is 11.9. The maximum atomic E-state index is 4.97. The largest absolute Gasteiger partial charge is 0.383 e. The Morgan fingerprint density at radius 1 is 0.778 bits per heavy atom. The molecule has 4 nitrogen and oxygen atoms in total. The van der Waals surface area contributed by atoms with Gasteiger partial charge in [-0.3, -0.25) is 0 Å². The van der Waals surface area contributed by atoms with Crippen LogP contribution >= 0.6 is 0 Å². The quantitative estimate of drug-likeness (QED) is 0.463. The minimum atomic E-state index is 0.244. The molecule has 0 atom stereocenters. The average molecular weight is 259 g/mol. The van der Waals surface area contributed by atoms with Crippen molar-refractivity contribution in [2.24, 2.45) is 0 Å². The Morgan fingerprint density at radius 2 is 1.33 bits per heavy atom. The van der Waals surface area contributed by atoms with Crippen LogP contribution in [0.4, 0.5) is 0 Å². The van der Waals surface area contributed by atoms with Gasteiger partial charge in [0.05, 0.1) is 6.61 Å². The van der Waals surface area contributed by atoms with Crippen LogP contribution in [0.15, 0.2) is 0 Å². The summed E-state index contributed by atoms with van der Waals surface area (Å²) in [5, 5.41) is 10.3. The number of hydrogen-bond donors (Lipinski definition) is 3. The molecule has 3 N–H and O–H groups in total. The number of ether oxygens (including phenoxy) is 1. The molecule has 110 valence electrons. The van der Waals surface area contributed by atoms with Crippen molar-refractivity contribution >= 4 is 0 Å². The first-order valence-electron chi connectivity index (χ1n) is 7.21. The second-order valence-electron chi connectivity index (χ2n) is 5.73. The van der Waals surface area contributed by atoms with Gasteiger partial charge in [-0.2, -0.15) is 0 Å². The van der Waals surface area contributed by atoms with Crippen molar-refractivity contribution in [1.29, 1.82) is 0 Å². The van der Waals surface area contributed by atoms with Crippen molar-refractivity contribution in [3.63, 3.8) is 0 Å². The molecule has 0 fully saturated rings. The van der Waals surface area contributed by atoms with Gasteiger partial charge in [0.2, 0.25) is 0 Å². The van der Waals surface area contributed by atoms with E-state index < -0.39 is 0 Å². The highest BCUT2D eigenvalue weighted by atomic mass is 16.5. The van der Waals surface area contributed by atoms with Crippen LogP contribution in [-0.4, -0.2) is 52.0 Å². The molecule has 0 aromatic heterocycles. The third-order valence-electron chi connectivity index (χ3n) is 2.63. The van der Waals surface area contributed by atoms with Gasteiger partial charge in [0.1, 0.15) is 0 Å². The van der Waals surface area contributed by atoms with Crippen molar-refractivity contribution in [2.75, 3.05) is 46.4 Å². The first-order chi connectivity index (χ1) is 8.56. The third-order valence-corrected chi connectivity index (χ3v) is 2.63. The Bertz CT molecular complexity index is 169. The molecule has 0 aliphatic rings. The maximum Gasteiger partial charge on any atom is 0.0587 e. The summed E-state index contributed by atoms with van der Waals surface area (Å²) < 4.78 is 4.97. The summed E-state index contributed by atoms with van der Waals surface area (Å²) in [5.74, 6) is 0. The van der Waals surface area contributed by atoms with Crippen LogP contribution in [0.1, 0.15) is 40.0 Å². The average Bonchev–Trinajstić information content (AvgIpc) is 2.29. The molecular weight excluding hydrogens is 226 g/mol. The fourth-order valence-corrected chi connectivity index (χ4v) is 1.60. The molecule has 0 aliphatic carbocycles. The minimum Gasteiger partial charge on any atom is -0.383 e. The van der Waals surface area contributed by atoms with Crippen LogP contribution < -0.4 is 16.0 Å².